The molecule has 1 saturated heterocycles. The van der Waals surface area contributed by atoms with Gasteiger partial charge in [0.1, 0.15) is 5.82 Å². The van der Waals surface area contributed by atoms with Gasteiger partial charge in [-0.15, -0.1) is 0 Å². The fourth-order valence-corrected chi connectivity index (χ4v) is 2.72. The zero-order chi connectivity index (χ0) is 16.6. The number of aliphatic hydroxyl groups excluding tert-OH is 1. The van der Waals surface area contributed by atoms with Crippen LogP contribution in [0.3, 0.4) is 0 Å². The Morgan fingerprint density at radius 1 is 1.26 bits per heavy atom. The highest BCUT2D eigenvalue weighted by Gasteiger charge is 2.33. The number of nitrogens with zero attached hydrogens (tertiary/aromatic N) is 3. The third kappa shape index (κ3) is 3.40. The molecule has 0 saturated carbocycles. The van der Waals surface area contributed by atoms with E-state index in [1.807, 2.05) is 4.90 Å². The lowest BCUT2D eigenvalue weighted by Gasteiger charge is -2.17. The Hall–Kier alpha value is -1.86. The molecule has 0 amide bonds. The van der Waals surface area contributed by atoms with Crippen molar-refractivity contribution in [2.45, 2.75) is 18.7 Å². The van der Waals surface area contributed by atoms with Crippen molar-refractivity contribution in [3.05, 3.63) is 41.0 Å². The van der Waals surface area contributed by atoms with Crippen LogP contribution < -0.4 is 4.90 Å². The van der Waals surface area contributed by atoms with Gasteiger partial charge in [0.25, 0.3) is 0 Å². The fourth-order valence-electron chi connectivity index (χ4n) is 2.50. The summed E-state index contributed by atoms with van der Waals surface area (Å²) < 4.78 is 38.9. The van der Waals surface area contributed by atoms with E-state index in [1.54, 1.807) is 6.07 Å². The molecule has 0 bridgehead atoms. The van der Waals surface area contributed by atoms with Gasteiger partial charge in [-0.2, -0.15) is 13.2 Å². The maximum atomic E-state index is 13.0. The Labute approximate surface area is 135 Å². The van der Waals surface area contributed by atoms with Crippen LogP contribution in [-0.2, 0) is 6.18 Å². The molecule has 2 heterocycles. The summed E-state index contributed by atoms with van der Waals surface area (Å²) in [6, 6.07) is 5.26. The molecule has 1 aliphatic rings. The van der Waals surface area contributed by atoms with E-state index in [9.17, 15) is 18.3 Å². The van der Waals surface area contributed by atoms with E-state index in [2.05, 4.69) is 9.97 Å². The number of hydrogen-bond acceptors (Lipinski definition) is 4. The lowest BCUT2D eigenvalue weighted by atomic mass is 10.1. The Kier molecular flexibility index (Phi) is 4.16. The van der Waals surface area contributed by atoms with Crippen molar-refractivity contribution in [3.8, 4) is 11.4 Å². The van der Waals surface area contributed by atoms with Gasteiger partial charge in [-0.05, 0) is 30.7 Å². The molecule has 2 aromatic rings. The molecule has 1 aliphatic heterocycles. The molecular weight excluding hydrogens is 331 g/mol. The maximum Gasteiger partial charge on any atom is 0.417 e. The minimum absolute atomic E-state index is 0.186. The first-order valence-corrected chi connectivity index (χ1v) is 7.35. The minimum Gasteiger partial charge on any atom is -0.391 e. The summed E-state index contributed by atoms with van der Waals surface area (Å²) in [6.07, 6.45) is -2.83. The highest BCUT2D eigenvalue weighted by molar-refractivity contribution is 6.31. The van der Waals surface area contributed by atoms with Crippen LogP contribution in [0.2, 0.25) is 5.02 Å². The summed E-state index contributed by atoms with van der Waals surface area (Å²) in [5.74, 6) is 0.765. The monoisotopic (exact) mass is 343 g/mol. The number of hydrogen-bond donors (Lipinski definition) is 1. The summed E-state index contributed by atoms with van der Waals surface area (Å²) in [6.45, 7) is 1.09. The van der Waals surface area contributed by atoms with Crippen LogP contribution in [0.4, 0.5) is 19.0 Å². The van der Waals surface area contributed by atoms with Gasteiger partial charge in [0.15, 0.2) is 5.82 Å². The number of halogens is 4. The van der Waals surface area contributed by atoms with Gasteiger partial charge in [-0.3, -0.25) is 0 Å². The van der Waals surface area contributed by atoms with Crippen molar-refractivity contribution >= 4 is 17.4 Å². The Balaban J connectivity index is 1.96. The predicted molar refractivity (Wildman–Crippen MR) is 80.3 cm³/mol. The van der Waals surface area contributed by atoms with Crippen molar-refractivity contribution in [2.24, 2.45) is 0 Å². The lowest BCUT2D eigenvalue weighted by molar-refractivity contribution is -0.137. The number of alkyl halides is 3. The maximum absolute atomic E-state index is 13.0. The summed E-state index contributed by atoms with van der Waals surface area (Å²) >= 11 is 5.62. The van der Waals surface area contributed by atoms with Crippen molar-refractivity contribution in [2.75, 3.05) is 18.0 Å². The van der Waals surface area contributed by atoms with E-state index >= 15 is 0 Å². The smallest absolute Gasteiger partial charge is 0.391 e. The molecule has 23 heavy (non-hydrogen) atoms. The molecular formula is C15H13ClF3N3O. The third-order valence-corrected chi connectivity index (χ3v) is 3.99. The van der Waals surface area contributed by atoms with Crippen LogP contribution in [-0.4, -0.2) is 34.3 Å². The molecule has 3 rings (SSSR count). The lowest BCUT2D eigenvalue weighted by Crippen LogP contribution is -2.22. The third-order valence-electron chi connectivity index (χ3n) is 3.66. The minimum atomic E-state index is -4.54. The largest absolute Gasteiger partial charge is 0.417 e. The second-order valence-corrected chi connectivity index (χ2v) is 5.73. The van der Waals surface area contributed by atoms with Crippen molar-refractivity contribution in [1.29, 1.82) is 0 Å². The van der Waals surface area contributed by atoms with E-state index in [1.165, 1.54) is 18.3 Å². The van der Waals surface area contributed by atoms with E-state index in [0.717, 1.165) is 6.07 Å². The summed E-state index contributed by atoms with van der Waals surface area (Å²) in [7, 11) is 0. The van der Waals surface area contributed by atoms with Crippen molar-refractivity contribution in [1.82, 2.24) is 9.97 Å². The van der Waals surface area contributed by atoms with Crippen LogP contribution in [0.25, 0.3) is 11.4 Å². The quantitative estimate of drug-likeness (QED) is 0.908. The van der Waals surface area contributed by atoms with E-state index in [4.69, 9.17) is 11.6 Å². The second-order valence-electron chi connectivity index (χ2n) is 5.32. The Morgan fingerprint density at radius 2 is 2.04 bits per heavy atom. The highest BCUT2D eigenvalue weighted by atomic mass is 35.5. The van der Waals surface area contributed by atoms with Crippen LogP contribution >= 0.6 is 11.6 Å². The van der Waals surface area contributed by atoms with E-state index in [-0.39, 0.29) is 16.4 Å². The molecule has 0 aliphatic carbocycles. The number of benzene rings is 1. The van der Waals surface area contributed by atoms with Crippen LogP contribution in [0.5, 0.6) is 0 Å². The first kappa shape index (κ1) is 16.0. The molecule has 0 unspecified atom stereocenters. The molecule has 4 nitrogen and oxygen atoms in total. The van der Waals surface area contributed by atoms with Gasteiger partial charge in [-0.1, -0.05) is 11.6 Å². The second kappa shape index (κ2) is 5.98. The summed E-state index contributed by atoms with van der Waals surface area (Å²) in [4.78, 5) is 10.2. The zero-order valence-electron chi connectivity index (χ0n) is 11.9. The average molecular weight is 344 g/mol. The normalized spacial score (nSPS) is 18.5. The topological polar surface area (TPSA) is 49.2 Å². The van der Waals surface area contributed by atoms with Gasteiger partial charge in [0.05, 0.1) is 16.7 Å². The SMILES string of the molecule is O[C@@H]1CCN(c2ccnc(-c3ccc(Cl)c(C(F)(F)F)c3)n2)C1. The van der Waals surface area contributed by atoms with Crippen LogP contribution in [0, 0.1) is 0 Å². The zero-order valence-corrected chi connectivity index (χ0v) is 12.6. The molecule has 0 radical (unpaired) electrons. The average Bonchev–Trinajstić information content (AvgIpc) is 2.93. The standard InChI is InChI=1S/C15H13ClF3N3O/c16-12-2-1-9(7-11(12)15(17,18)19)14-20-5-3-13(21-14)22-6-4-10(23)8-22/h1-3,5,7,10,23H,4,6,8H2/t10-/m1/s1. The van der Waals surface area contributed by atoms with E-state index in [0.29, 0.717) is 25.3 Å². The molecule has 1 aromatic heterocycles. The van der Waals surface area contributed by atoms with Crippen molar-refractivity contribution in [3.63, 3.8) is 0 Å². The van der Waals surface area contributed by atoms with Crippen molar-refractivity contribution < 1.29 is 18.3 Å². The van der Waals surface area contributed by atoms with Gasteiger partial charge >= 0.3 is 6.18 Å². The number of β-amino-alcohol motifs (C(OH)–C–C–N with tert-alkyl or cyclic N) is 1. The summed E-state index contributed by atoms with van der Waals surface area (Å²) in [5, 5.41) is 9.22. The molecule has 1 N–H and O–H groups in total. The van der Waals surface area contributed by atoms with Crippen LogP contribution in [0.1, 0.15) is 12.0 Å². The molecule has 1 fully saturated rings. The summed E-state index contributed by atoms with van der Waals surface area (Å²) in [5.41, 5.74) is -0.675. The number of anilines is 1. The molecule has 0 spiro atoms. The van der Waals surface area contributed by atoms with Gasteiger partial charge in [0, 0.05) is 24.8 Å². The number of aliphatic hydroxyl groups is 1. The molecule has 122 valence electrons. The van der Waals surface area contributed by atoms with Gasteiger partial charge in [0.2, 0.25) is 0 Å². The highest BCUT2D eigenvalue weighted by Crippen LogP contribution is 2.36. The first-order valence-electron chi connectivity index (χ1n) is 6.98. The van der Waals surface area contributed by atoms with E-state index < -0.39 is 17.8 Å². The fraction of sp³-hybridized carbons (Fsp3) is 0.333. The molecule has 1 aromatic carbocycles. The van der Waals surface area contributed by atoms with Crippen LogP contribution in [0.15, 0.2) is 30.5 Å². The number of rotatable bonds is 2. The molecule has 1 atom stereocenters. The molecule has 8 heteroatoms. The first-order chi connectivity index (χ1) is 10.8. The van der Waals surface area contributed by atoms with Gasteiger partial charge in [-0.25, -0.2) is 9.97 Å². The predicted octanol–water partition coefficient (Wildman–Crippen LogP) is 3.39. The Morgan fingerprint density at radius 3 is 2.70 bits per heavy atom. The number of aromatic nitrogens is 2. The Bertz CT molecular complexity index is 723. The van der Waals surface area contributed by atoms with Gasteiger partial charge < -0.3 is 10.0 Å².